The van der Waals surface area contributed by atoms with Gasteiger partial charge in [-0.1, -0.05) is 12.1 Å². The molecule has 25 heavy (non-hydrogen) atoms. The Morgan fingerprint density at radius 3 is 2.28 bits per heavy atom. The maximum Gasteiger partial charge on any atom is 0.307 e. The summed E-state index contributed by atoms with van der Waals surface area (Å²) in [5.41, 5.74) is 0.871. The van der Waals surface area contributed by atoms with Crippen LogP contribution in [0.25, 0.3) is 0 Å². The van der Waals surface area contributed by atoms with Gasteiger partial charge in [0, 0.05) is 6.54 Å². The zero-order valence-electron chi connectivity index (χ0n) is 13.7. The van der Waals surface area contributed by atoms with Crippen LogP contribution in [0.3, 0.4) is 0 Å². The van der Waals surface area contributed by atoms with E-state index in [1.807, 2.05) is 0 Å². The van der Waals surface area contributed by atoms with Crippen molar-refractivity contribution in [2.75, 3.05) is 6.54 Å². The summed E-state index contributed by atoms with van der Waals surface area (Å²) >= 11 is 0. The van der Waals surface area contributed by atoms with E-state index < -0.39 is 27.8 Å². The molecule has 0 aliphatic heterocycles. The molecule has 2 fully saturated rings. The summed E-state index contributed by atoms with van der Waals surface area (Å²) in [6.07, 6.45) is 3.21. The molecule has 0 radical (unpaired) electrons. The van der Waals surface area contributed by atoms with E-state index in [4.69, 9.17) is 5.14 Å². The summed E-state index contributed by atoms with van der Waals surface area (Å²) in [7, 11) is -3.71. The minimum Gasteiger partial charge on any atom is -0.481 e. The van der Waals surface area contributed by atoms with Crippen LogP contribution in [0, 0.1) is 23.7 Å². The molecule has 1 aromatic carbocycles. The first-order valence-electron chi connectivity index (χ1n) is 8.39. The number of primary sulfonamides is 1. The number of benzene rings is 1. The molecular weight excluding hydrogens is 344 g/mol. The molecule has 1 aromatic rings. The lowest BCUT2D eigenvalue weighted by molar-refractivity contribution is -0.149. The number of carbonyl (C=O) groups excluding carboxylic acids is 1. The van der Waals surface area contributed by atoms with Crippen LogP contribution < -0.4 is 10.5 Å². The van der Waals surface area contributed by atoms with Crippen molar-refractivity contribution in [3.63, 3.8) is 0 Å². The number of aliphatic carboxylic acids is 1. The van der Waals surface area contributed by atoms with Crippen molar-refractivity contribution < 1.29 is 23.1 Å². The number of carboxylic acid groups (broad SMARTS) is 1. The molecule has 8 heteroatoms. The lowest BCUT2D eigenvalue weighted by Crippen LogP contribution is -2.41. The molecule has 0 unspecified atom stereocenters. The molecule has 0 saturated heterocycles. The Balaban J connectivity index is 1.55. The number of sulfonamides is 1. The highest BCUT2D eigenvalue weighted by atomic mass is 32.2. The van der Waals surface area contributed by atoms with Gasteiger partial charge in [-0.15, -0.1) is 0 Å². The quantitative estimate of drug-likeness (QED) is 0.684. The van der Waals surface area contributed by atoms with Crippen molar-refractivity contribution in [1.29, 1.82) is 0 Å². The third-order valence-corrected chi connectivity index (χ3v) is 6.40. The maximum atomic E-state index is 12.5. The van der Waals surface area contributed by atoms with Gasteiger partial charge in [0.2, 0.25) is 15.9 Å². The number of nitrogens with one attached hydrogen (secondary N) is 1. The van der Waals surface area contributed by atoms with Crippen molar-refractivity contribution in [2.24, 2.45) is 28.8 Å². The van der Waals surface area contributed by atoms with Gasteiger partial charge in [-0.2, -0.15) is 0 Å². The van der Waals surface area contributed by atoms with E-state index in [1.165, 1.54) is 12.1 Å². The van der Waals surface area contributed by atoms with Gasteiger partial charge >= 0.3 is 5.97 Å². The smallest absolute Gasteiger partial charge is 0.307 e. The van der Waals surface area contributed by atoms with Gasteiger partial charge < -0.3 is 10.4 Å². The minimum atomic E-state index is -3.71. The largest absolute Gasteiger partial charge is 0.481 e. The minimum absolute atomic E-state index is 0.0477. The van der Waals surface area contributed by atoms with E-state index in [0.717, 1.165) is 24.8 Å². The molecule has 7 nitrogen and oxygen atoms in total. The second-order valence-corrected chi connectivity index (χ2v) is 8.51. The molecule has 0 spiro atoms. The predicted molar refractivity (Wildman–Crippen MR) is 90.0 cm³/mol. The number of fused-ring (bicyclic) bond motifs is 2. The Kier molecular flexibility index (Phi) is 4.83. The molecule has 4 N–H and O–H groups in total. The third-order valence-electron chi connectivity index (χ3n) is 5.47. The number of carbonyl (C=O) groups is 2. The first-order chi connectivity index (χ1) is 11.8. The average molecular weight is 366 g/mol. The highest BCUT2D eigenvalue weighted by molar-refractivity contribution is 7.89. The molecule has 1 amide bonds. The van der Waals surface area contributed by atoms with E-state index in [2.05, 4.69) is 5.32 Å². The topological polar surface area (TPSA) is 127 Å². The van der Waals surface area contributed by atoms with E-state index in [0.29, 0.717) is 13.0 Å². The standard InChI is InChI=1S/C17H22N2O5S/c18-25(23,24)13-5-1-10(2-6-13)7-8-19-16(20)14-11-3-4-12(9-11)15(14)17(21)22/h1-2,5-6,11-12,14-15H,3-4,7-9H2,(H,19,20)(H,21,22)(H2,18,23,24)/t11-,12-,14+,15+/m0/s1. The summed E-state index contributed by atoms with van der Waals surface area (Å²) in [5, 5.41) is 17.3. The van der Waals surface area contributed by atoms with Crippen LogP contribution in [0.2, 0.25) is 0 Å². The molecule has 2 saturated carbocycles. The first kappa shape index (κ1) is 17.9. The summed E-state index contributed by atoms with van der Waals surface area (Å²) in [4.78, 5) is 24.0. The molecule has 2 bridgehead atoms. The van der Waals surface area contributed by atoms with E-state index in [-0.39, 0.29) is 22.6 Å². The maximum absolute atomic E-state index is 12.5. The second kappa shape index (κ2) is 6.76. The lowest BCUT2D eigenvalue weighted by atomic mass is 9.78. The fourth-order valence-corrected chi connectivity index (χ4v) is 4.83. The highest BCUT2D eigenvalue weighted by Gasteiger charge is 2.53. The van der Waals surface area contributed by atoms with E-state index >= 15 is 0 Å². The van der Waals surface area contributed by atoms with Crippen molar-refractivity contribution in [3.05, 3.63) is 29.8 Å². The van der Waals surface area contributed by atoms with Crippen LogP contribution in [0.4, 0.5) is 0 Å². The zero-order valence-corrected chi connectivity index (χ0v) is 14.5. The normalized spacial score (nSPS) is 28.0. The van der Waals surface area contributed by atoms with Crippen molar-refractivity contribution in [2.45, 2.75) is 30.6 Å². The third kappa shape index (κ3) is 3.69. The summed E-state index contributed by atoms with van der Waals surface area (Å²) in [6.45, 7) is 0.383. The SMILES string of the molecule is NS(=O)(=O)c1ccc(CCNC(=O)[C@@H]2[C@H]3CC[C@@H](C3)[C@H]2C(=O)O)cc1. The van der Waals surface area contributed by atoms with Crippen LogP contribution in [-0.4, -0.2) is 31.9 Å². The molecule has 2 aliphatic carbocycles. The van der Waals surface area contributed by atoms with Crippen molar-refractivity contribution in [3.8, 4) is 0 Å². The number of rotatable bonds is 6. The number of hydrogen-bond donors (Lipinski definition) is 3. The van der Waals surface area contributed by atoms with Gasteiger partial charge in [0.1, 0.15) is 0 Å². The van der Waals surface area contributed by atoms with Gasteiger partial charge in [0.25, 0.3) is 0 Å². The van der Waals surface area contributed by atoms with Crippen LogP contribution in [0.5, 0.6) is 0 Å². The lowest BCUT2D eigenvalue weighted by Gasteiger charge is -2.27. The Labute approximate surface area is 146 Å². The first-order valence-corrected chi connectivity index (χ1v) is 9.94. The van der Waals surface area contributed by atoms with E-state index in [9.17, 15) is 23.1 Å². The number of nitrogens with two attached hydrogens (primary N) is 1. The van der Waals surface area contributed by atoms with Crippen molar-refractivity contribution >= 4 is 21.9 Å². The fraction of sp³-hybridized carbons (Fsp3) is 0.529. The van der Waals surface area contributed by atoms with Gasteiger partial charge in [-0.3, -0.25) is 9.59 Å². The number of carboxylic acids is 1. The Hall–Kier alpha value is -1.93. The fourth-order valence-electron chi connectivity index (χ4n) is 4.32. The van der Waals surface area contributed by atoms with E-state index in [1.54, 1.807) is 12.1 Å². The summed E-state index contributed by atoms with van der Waals surface area (Å²) < 4.78 is 22.4. The summed E-state index contributed by atoms with van der Waals surface area (Å²) in [5.74, 6) is -1.73. The van der Waals surface area contributed by atoms with Crippen LogP contribution in [-0.2, 0) is 26.0 Å². The predicted octanol–water partition coefficient (Wildman–Crippen LogP) is 0.740. The average Bonchev–Trinajstić information content (AvgIpc) is 3.15. The monoisotopic (exact) mass is 366 g/mol. The molecule has 0 aromatic heterocycles. The number of hydrogen-bond acceptors (Lipinski definition) is 4. The van der Waals surface area contributed by atoms with Gasteiger partial charge in [0.05, 0.1) is 16.7 Å². The van der Waals surface area contributed by atoms with Crippen LogP contribution in [0.15, 0.2) is 29.2 Å². The van der Waals surface area contributed by atoms with Gasteiger partial charge in [-0.25, -0.2) is 13.6 Å². The van der Waals surface area contributed by atoms with Crippen LogP contribution >= 0.6 is 0 Å². The molecule has 136 valence electrons. The molecule has 0 heterocycles. The second-order valence-electron chi connectivity index (χ2n) is 6.95. The Morgan fingerprint density at radius 2 is 1.72 bits per heavy atom. The molecule has 3 rings (SSSR count). The number of amides is 1. The van der Waals surface area contributed by atoms with Gasteiger partial charge in [0.15, 0.2) is 0 Å². The zero-order chi connectivity index (χ0) is 18.2. The molecule has 2 aliphatic rings. The van der Waals surface area contributed by atoms with Crippen LogP contribution in [0.1, 0.15) is 24.8 Å². The Morgan fingerprint density at radius 1 is 1.12 bits per heavy atom. The van der Waals surface area contributed by atoms with Crippen molar-refractivity contribution in [1.82, 2.24) is 5.32 Å². The molecule has 4 atom stereocenters. The molecular formula is C17H22N2O5S. The highest BCUT2D eigenvalue weighted by Crippen LogP contribution is 2.52. The Bertz CT molecular complexity index is 775. The van der Waals surface area contributed by atoms with Gasteiger partial charge in [-0.05, 0) is 55.2 Å². The summed E-state index contributed by atoms with van der Waals surface area (Å²) in [6, 6.07) is 6.18.